The van der Waals surface area contributed by atoms with Crippen LogP contribution in [0.15, 0.2) is 48.5 Å². The number of carbonyl (C=O) groups excluding carboxylic acids is 1. The van der Waals surface area contributed by atoms with E-state index in [2.05, 4.69) is 4.98 Å². The van der Waals surface area contributed by atoms with Crippen molar-refractivity contribution in [2.75, 3.05) is 5.73 Å². The number of para-hydroxylation sites is 2. The summed E-state index contributed by atoms with van der Waals surface area (Å²) in [5.41, 5.74) is 8.89. The van der Waals surface area contributed by atoms with Gasteiger partial charge in [0.2, 0.25) is 0 Å². The minimum Gasteiger partial charge on any atom is -0.399 e. The smallest absolute Gasteiger partial charge is 0.170 e. The first-order chi connectivity index (χ1) is 9.65. The third-order valence-corrected chi connectivity index (χ3v) is 3.43. The van der Waals surface area contributed by atoms with Crippen LogP contribution in [0.2, 0.25) is 0 Å². The summed E-state index contributed by atoms with van der Waals surface area (Å²) in [4.78, 5) is 16.8. The second-order valence-corrected chi connectivity index (χ2v) is 4.80. The predicted octanol–water partition coefficient (Wildman–Crippen LogP) is 2.58. The van der Waals surface area contributed by atoms with Crippen LogP contribution in [0.25, 0.3) is 11.0 Å². The van der Waals surface area contributed by atoms with Crippen molar-refractivity contribution in [3.05, 3.63) is 59.9 Å². The zero-order chi connectivity index (χ0) is 14.1. The first-order valence-corrected chi connectivity index (χ1v) is 6.44. The normalized spacial score (nSPS) is 10.8. The van der Waals surface area contributed by atoms with Crippen molar-refractivity contribution >= 4 is 22.5 Å². The predicted molar refractivity (Wildman–Crippen MR) is 79.6 cm³/mol. The van der Waals surface area contributed by atoms with Crippen molar-refractivity contribution in [3.8, 4) is 0 Å². The Labute approximate surface area is 116 Å². The average Bonchev–Trinajstić information content (AvgIpc) is 2.77. The highest BCUT2D eigenvalue weighted by atomic mass is 16.1. The number of hydrogen-bond acceptors (Lipinski definition) is 3. The summed E-state index contributed by atoms with van der Waals surface area (Å²) in [6.07, 6.45) is 0.287. The lowest BCUT2D eigenvalue weighted by atomic mass is 10.1. The SMILES string of the molecule is Cn1c(CC(=O)c2ccc(N)cc2)nc2ccccc21. The zero-order valence-corrected chi connectivity index (χ0v) is 11.2. The van der Waals surface area contributed by atoms with E-state index < -0.39 is 0 Å². The quantitative estimate of drug-likeness (QED) is 0.585. The molecule has 0 saturated heterocycles. The highest BCUT2D eigenvalue weighted by Gasteiger charge is 2.13. The minimum atomic E-state index is 0.0448. The monoisotopic (exact) mass is 265 g/mol. The Kier molecular flexibility index (Phi) is 2.99. The second-order valence-electron chi connectivity index (χ2n) is 4.80. The number of aryl methyl sites for hydroxylation is 1. The summed E-state index contributed by atoms with van der Waals surface area (Å²) in [6.45, 7) is 0. The van der Waals surface area contributed by atoms with Gasteiger partial charge in [-0.25, -0.2) is 4.98 Å². The fourth-order valence-corrected chi connectivity index (χ4v) is 2.27. The van der Waals surface area contributed by atoms with Gasteiger partial charge < -0.3 is 10.3 Å². The lowest BCUT2D eigenvalue weighted by Crippen LogP contribution is -2.08. The molecule has 3 rings (SSSR count). The molecule has 2 aromatic carbocycles. The van der Waals surface area contributed by atoms with Crippen LogP contribution in [-0.4, -0.2) is 15.3 Å². The number of Topliss-reactive ketones (excluding diaryl/α,β-unsaturated/α-hetero) is 1. The van der Waals surface area contributed by atoms with Crippen LogP contribution < -0.4 is 5.73 Å². The molecule has 0 aliphatic carbocycles. The molecule has 0 radical (unpaired) electrons. The number of imidazole rings is 1. The maximum Gasteiger partial charge on any atom is 0.170 e. The molecule has 0 amide bonds. The Morgan fingerprint density at radius 1 is 1.15 bits per heavy atom. The van der Waals surface area contributed by atoms with Gasteiger partial charge in [0.1, 0.15) is 5.82 Å². The minimum absolute atomic E-state index is 0.0448. The highest BCUT2D eigenvalue weighted by molar-refractivity contribution is 5.97. The van der Waals surface area contributed by atoms with Gasteiger partial charge in [0, 0.05) is 18.3 Å². The highest BCUT2D eigenvalue weighted by Crippen LogP contribution is 2.16. The van der Waals surface area contributed by atoms with E-state index in [1.807, 2.05) is 35.9 Å². The molecule has 0 aliphatic rings. The molecule has 1 heterocycles. The van der Waals surface area contributed by atoms with Gasteiger partial charge in [-0.15, -0.1) is 0 Å². The van der Waals surface area contributed by atoms with E-state index in [0.717, 1.165) is 16.9 Å². The molecule has 0 fully saturated rings. The number of nitrogens with zero attached hydrogens (tertiary/aromatic N) is 2. The number of nitrogen functional groups attached to an aromatic ring is 1. The van der Waals surface area contributed by atoms with Gasteiger partial charge in [0.05, 0.1) is 17.5 Å². The maximum absolute atomic E-state index is 12.3. The number of aromatic nitrogens is 2. The summed E-state index contributed by atoms with van der Waals surface area (Å²) >= 11 is 0. The van der Waals surface area contributed by atoms with E-state index in [0.29, 0.717) is 11.3 Å². The first-order valence-electron chi connectivity index (χ1n) is 6.44. The molecule has 0 saturated carbocycles. The van der Waals surface area contributed by atoms with Crippen LogP contribution in [0.3, 0.4) is 0 Å². The van der Waals surface area contributed by atoms with Crippen LogP contribution >= 0.6 is 0 Å². The van der Waals surface area contributed by atoms with E-state index in [1.165, 1.54) is 0 Å². The van der Waals surface area contributed by atoms with Crippen LogP contribution in [0.5, 0.6) is 0 Å². The number of anilines is 1. The first kappa shape index (κ1) is 12.4. The summed E-state index contributed by atoms with van der Waals surface area (Å²) in [5.74, 6) is 0.816. The molecule has 0 unspecified atom stereocenters. The Morgan fingerprint density at radius 3 is 2.55 bits per heavy atom. The van der Waals surface area contributed by atoms with E-state index >= 15 is 0 Å². The average molecular weight is 265 g/mol. The number of benzene rings is 2. The van der Waals surface area contributed by atoms with E-state index in [1.54, 1.807) is 24.3 Å². The fourth-order valence-electron chi connectivity index (χ4n) is 2.27. The standard InChI is InChI=1S/C16H15N3O/c1-19-14-5-3-2-4-13(14)18-16(19)10-15(20)11-6-8-12(17)9-7-11/h2-9H,10,17H2,1H3. The third-order valence-electron chi connectivity index (χ3n) is 3.43. The Morgan fingerprint density at radius 2 is 1.85 bits per heavy atom. The van der Waals surface area contributed by atoms with Gasteiger partial charge in [-0.1, -0.05) is 12.1 Å². The molecular weight excluding hydrogens is 250 g/mol. The summed E-state index contributed by atoms with van der Waals surface area (Å²) in [6, 6.07) is 14.8. The summed E-state index contributed by atoms with van der Waals surface area (Å²) < 4.78 is 1.96. The molecule has 0 aliphatic heterocycles. The van der Waals surface area contributed by atoms with Gasteiger partial charge in [0.25, 0.3) is 0 Å². The number of carbonyl (C=O) groups is 1. The maximum atomic E-state index is 12.3. The molecule has 1 aromatic heterocycles. The number of ketones is 1. The summed E-state index contributed by atoms with van der Waals surface area (Å²) in [5, 5.41) is 0. The molecule has 4 nitrogen and oxygen atoms in total. The molecule has 0 bridgehead atoms. The number of fused-ring (bicyclic) bond motifs is 1. The Hall–Kier alpha value is -2.62. The van der Waals surface area contributed by atoms with Gasteiger partial charge >= 0.3 is 0 Å². The van der Waals surface area contributed by atoms with E-state index in [4.69, 9.17) is 5.73 Å². The molecule has 0 atom stereocenters. The molecule has 20 heavy (non-hydrogen) atoms. The topological polar surface area (TPSA) is 60.9 Å². The van der Waals surface area contributed by atoms with Crippen LogP contribution in [0.1, 0.15) is 16.2 Å². The number of hydrogen-bond donors (Lipinski definition) is 1. The lowest BCUT2D eigenvalue weighted by Gasteiger charge is -2.03. The molecule has 4 heteroatoms. The Bertz CT molecular complexity index is 772. The van der Waals surface area contributed by atoms with Gasteiger partial charge in [-0.3, -0.25) is 4.79 Å². The molecule has 3 aromatic rings. The van der Waals surface area contributed by atoms with Crippen molar-refractivity contribution in [2.24, 2.45) is 7.05 Å². The number of nitrogens with two attached hydrogens (primary N) is 1. The summed E-state index contributed by atoms with van der Waals surface area (Å²) in [7, 11) is 1.93. The fraction of sp³-hybridized carbons (Fsp3) is 0.125. The zero-order valence-electron chi connectivity index (χ0n) is 11.2. The van der Waals surface area contributed by atoms with Crippen molar-refractivity contribution in [2.45, 2.75) is 6.42 Å². The van der Waals surface area contributed by atoms with Crippen LogP contribution in [0, 0.1) is 0 Å². The molecule has 100 valence electrons. The molecule has 2 N–H and O–H groups in total. The van der Waals surface area contributed by atoms with E-state index in [-0.39, 0.29) is 12.2 Å². The molecule has 0 spiro atoms. The van der Waals surface area contributed by atoms with E-state index in [9.17, 15) is 4.79 Å². The largest absolute Gasteiger partial charge is 0.399 e. The van der Waals surface area contributed by atoms with Crippen molar-refractivity contribution in [1.82, 2.24) is 9.55 Å². The van der Waals surface area contributed by atoms with Crippen LogP contribution in [0.4, 0.5) is 5.69 Å². The molecular formula is C16H15N3O. The second kappa shape index (κ2) is 4.81. The van der Waals surface area contributed by atoms with Crippen LogP contribution in [-0.2, 0) is 13.5 Å². The Balaban J connectivity index is 1.91. The van der Waals surface area contributed by atoms with Crippen molar-refractivity contribution < 1.29 is 4.79 Å². The van der Waals surface area contributed by atoms with Gasteiger partial charge in [0.15, 0.2) is 5.78 Å². The van der Waals surface area contributed by atoms with Crippen molar-refractivity contribution in [3.63, 3.8) is 0 Å². The third kappa shape index (κ3) is 2.16. The number of rotatable bonds is 3. The van der Waals surface area contributed by atoms with Gasteiger partial charge in [-0.05, 0) is 36.4 Å². The van der Waals surface area contributed by atoms with Crippen molar-refractivity contribution in [1.29, 1.82) is 0 Å². The lowest BCUT2D eigenvalue weighted by molar-refractivity contribution is 0.0990. The van der Waals surface area contributed by atoms with Gasteiger partial charge in [-0.2, -0.15) is 0 Å².